The lowest BCUT2D eigenvalue weighted by Gasteiger charge is -2.11. The summed E-state index contributed by atoms with van der Waals surface area (Å²) in [6, 6.07) is 7.29. The first-order chi connectivity index (χ1) is 7.77. The minimum atomic E-state index is 0.0188. The Kier molecular flexibility index (Phi) is 4.98. The van der Waals surface area contributed by atoms with Gasteiger partial charge in [0.25, 0.3) is 0 Å². The zero-order valence-corrected chi connectivity index (χ0v) is 9.22. The van der Waals surface area contributed by atoms with Gasteiger partial charge < -0.3 is 20.4 Å². The summed E-state index contributed by atoms with van der Waals surface area (Å²) in [7, 11) is 0. The number of oxime groups is 1. The summed E-state index contributed by atoms with van der Waals surface area (Å²) in [5.74, 6) is 1.27. The van der Waals surface area contributed by atoms with Gasteiger partial charge in [-0.15, -0.1) is 0 Å². The molecule has 0 aliphatic carbocycles. The van der Waals surface area contributed by atoms with Gasteiger partial charge in [-0.1, -0.05) is 24.2 Å². The van der Waals surface area contributed by atoms with E-state index in [2.05, 4.69) is 5.16 Å². The van der Waals surface area contributed by atoms with Gasteiger partial charge in [0, 0.05) is 0 Å². The molecule has 5 nitrogen and oxygen atoms in total. The van der Waals surface area contributed by atoms with E-state index in [0.29, 0.717) is 18.1 Å². The van der Waals surface area contributed by atoms with Crippen molar-refractivity contribution >= 4 is 5.84 Å². The van der Waals surface area contributed by atoms with Crippen molar-refractivity contribution in [2.45, 2.75) is 13.3 Å². The standard InChI is InChI=1S/C11H16N2O3/c1-2-7-15-9-5-3-4-6-10(9)16-8-11(12)13-14/h3-6,14H,2,7-8H2,1H3,(H2,12,13). The number of amidine groups is 1. The minimum Gasteiger partial charge on any atom is -0.490 e. The Morgan fingerprint density at radius 1 is 1.31 bits per heavy atom. The Bertz CT molecular complexity index is 353. The molecule has 3 N–H and O–H groups in total. The van der Waals surface area contributed by atoms with Crippen molar-refractivity contribution in [3.63, 3.8) is 0 Å². The SMILES string of the molecule is CCCOc1ccccc1OC/C(N)=N/O. The molecule has 0 amide bonds. The fourth-order valence-electron chi connectivity index (χ4n) is 1.08. The predicted octanol–water partition coefficient (Wildman–Crippen LogP) is 1.60. The van der Waals surface area contributed by atoms with Crippen LogP contribution in [0.25, 0.3) is 0 Å². The number of hydrogen-bond acceptors (Lipinski definition) is 4. The maximum atomic E-state index is 8.38. The van der Waals surface area contributed by atoms with Gasteiger partial charge in [-0.05, 0) is 18.6 Å². The summed E-state index contributed by atoms with van der Waals surface area (Å²) >= 11 is 0. The van der Waals surface area contributed by atoms with Crippen LogP contribution in [0.4, 0.5) is 0 Å². The van der Waals surface area contributed by atoms with Crippen molar-refractivity contribution < 1.29 is 14.7 Å². The number of ether oxygens (including phenoxy) is 2. The van der Waals surface area contributed by atoms with Gasteiger partial charge in [0.05, 0.1) is 6.61 Å². The van der Waals surface area contributed by atoms with Gasteiger partial charge in [-0.3, -0.25) is 0 Å². The Balaban J connectivity index is 2.63. The van der Waals surface area contributed by atoms with E-state index in [0.717, 1.165) is 6.42 Å². The van der Waals surface area contributed by atoms with E-state index in [1.807, 2.05) is 25.1 Å². The van der Waals surface area contributed by atoms with Crippen molar-refractivity contribution in [2.24, 2.45) is 10.9 Å². The quantitative estimate of drug-likeness (QED) is 0.333. The molecule has 0 aromatic heterocycles. The molecule has 0 radical (unpaired) electrons. The maximum absolute atomic E-state index is 8.38. The molecule has 1 aromatic rings. The highest BCUT2D eigenvalue weighted by atomic mass is 16.5. The van der Waals surface area contributed by atoms with Gasteiger partial charge in [-0.25, -0.2) is 0 Å². The van der Waals surface area contributed by atoms with Crippen LogP contribution in [0.1, 0.15) is 13.3 Å². The summed E-state index contributed by atoms with van der Waals surface area (Å²) in [6.07, 6.45) is 0.925. The molecule has 0 heterocycles. The number of rotatable bonds is 6. The van der Waals surface area contributed by atoms with Crippen LogP contribution in [0.5, 0.6) is 11.5 Å². The van der Waals surface area contributed by atoms with E-state index in [4.69, 9.17) is 20.4 Å². The second kappa shape index (κ2) is 6.55. The van der Waals surface area contributed by atoms with E-state index in [-0.39, 0.29) is 12.4 Å². The van der Waals surface area contributed by atoms with Crippen molar-refractivity contribution in [1.29, 1.82) is 0 Å². The van der Waals surface area contributed by atoms with Crippen LogP contribution in [0.3, 0.4) is 0 Å². The molecule has 0 atom stereocenters. The molecule has 0 unspecified atom stereocenters. The molecule has 1 rings (SSSR count). The van der Waals surface area contributed by atoms with Gasteiger partial charge >= 0.3 is 0 Å². The zero-order chi connectivity index (χ0) is 11.8. The third-order valence-electron chi connectivity index (χ3n) is 1.81. The van der Waals surface area contributed by atoms with Crippen molar-refractivity contribution in [1.82, 2.24) is 0 Å². The van der Waals surface area contributed by atoms with Crippen molar-refractivity contribution in [3.8, 4) is 11.5 Å². The molecule has 0 aliphatic rings. The smallest absolute Gasteiger partial charge is 0.177 e. The van der Waals surface area contributed by atoms with Crippen molar-refractivity contribution in [3.05, 3.63) is 24.3 Å². The topological polar surface area (TPSA) is 77.1 Å². The van der Waals surface area contributed by atoms with E-state index in [9.17, 15) is 0 Å². The van der Waals surface area contributed by atoms with Gasteiger partial charge in [0.15, 0.2) is 17.3 Å². The first kappa shape index (κ1) is 12.2. The monoisotopic (exact) mass is 224 g/mol. The number of para-hydroxylation sites is 2. The molecule has 0 saturated heterocycles. The van der Waals surface area contributed by atoms with Crippen LogP contribution in [-0.2, 0) is 0 Å². The molecule has 88 valence electrons. The lowest BCUT2D eigenvalue weighted by molar-refractivity contribution is 0.281. The van der Waals surface area contributed by atoms with Gasteiger partial charge in [-0.2, -0.15) is 0 Å². The average molecular weight is 224 g/mol. The van der Waals surface area contributed by atoms with Gasteiger partial charge in [0.2, 0.25) is 0 Å². The fourth-order valence-corrected chi connectivity index (χ4v) is 1.08. The fraction of sp³-hybridized carbons (Fsp3) is 0.364. The van der Waals surface area contributed by atoms with Gasteiger partial charge in [0.1, 0.15) is 6.61 Å². The molecule has 16 heavy (non-hydrogen) atoms. The largest absolute Gasteiger partial charge is 0.490 e. The zero-order valence-electron chi connectivity index (χ0n) is 9.22. The van der Waals surface area contributed by atoms with Crippen LogP contribution in [0.15, 0.2) is 29.4 Å². The number of nitrogens with zero attached hydrogens (tertiary/aromatic N) is 1. The summed E-state index contributed by atoms with van der Waals surface area (Å²) < 4.78 is 10.8. The first-order valence-electron chi connectivity index (χ1n) is 5.09. The van der Waals surface area contributed by atoms with Crippen LogP contribution < -0.4 is 15.2 Å². The van der Waals surface area contributed by atoms with Crippen LogP contribution in [0.2, 0.25) is 0 Å². The molecule has 5 heteroatoms. The number of nitrogens with two attached hydrogens (primary N) is 1. The third-order valence-corrected chi connectivity index (χ3v) is 1.81. The Morgan fingerprint density at radius 2 is 1.94 bits per heavy atom. The molecule has 0 spiro atoms. The Labute approximate surface area is 94.5 Å². The first-order valence-corrected chi connectivity index (χ1v) is 5.09. The lowest BCUT2D eigenvalue weighted by atomic mass is 10.3. The van der Waals surface area contributed by atoms with E-state index in [1.165, 1.54) is 0 Å². The second-order valence-corrected chi connectivity index (χ2v) is 3.18. The molecule has 0 bridgehead atoms. The van der Waals surface area contributed by atoms with Crippen LogP contribution in [0, 0.1) is 0 Å². The normalized spacial score (nSPS) is 11.2. The molecule has 0 aliphatic heterocycles. The molecule has 0 saturated carbocycles. The highest BCUT2D eigenvalue weighted by molar-refractivity contribution is 5.81. The Morgan fingerprint density at radius 3 is 2.50 bits per heavy atom. The third kappa shape index (κ3) is 3.68. The Hall–Kier alpha value is -1.91. The molecular formula is C11H16N2O3. The van der Waals surface area contributed by atoms with E-state index >= 15 is 0 Å². The van der Waals surface area contributed by atoms with Crippen LogP contribution in [-0.4, -0.2) is 24.3 Å². The minimum absolute atomic E-state index is 0.0188. The summed E-state index contributed by atoms with van der Waals surface area (Å²) in [5, 5.41) is 11.2. The average Bonchev–Trinajstić information content (AvgIpc) is 2.34. The summed E-state index contributed by atoms with van der Waals surface area (Å²) in [4.78, 5) is 0. The number of hydrogen-bond donors (Lipinski definition) is 2. The number of benzene rings is 1. The molecular weight excluding hydrogens is 208 g/mol. The molecule has 0 fully saturated rings. The van der Waals surface area contributed by atoms with E-state index in [1.54, 1.807) is 6.07 Å². The van der Waals surface area contributed by atoms with Crippen molar-refractivity contribution in [2.75, 3.05) is 13.2 Å². The highest BCUT2D eigenvalue weighted by Gasteiger charge is 2.04. The van der Waals surface area contributed by atoms with Crippen LogP contribution >= 0.6 is 0 Å². The molecule has 1 aromatic carbocycles. The summed E-state index contributed by atoms with van der Waals surface area (Å²) in [6.45, 7) is 2.69. The second-order valence-electron chi connectivity index (χ2n) is 3.18. The predicted molar refractivity (Wildman–Crippen MR) is 61.1 cm³/mol. The van der Waals surface area contributed by atoms with E-state index < -0.39 is 0 Å². The summed E-state index contributed by atoms with van der Waals surface area (Å²) in [5.41, 5.74) is 5.31. The highest BCUT2D eigenvalue weighted by Crippen LogP contribution is 2.26. The maximum Gasteiger partial charge on any atom is 0.177 e. The lowest BCUT2D eigenvalue weighted by Crippen LogP contribution is -2.21.